The Bertz CT molecular complexity index is 871. The zero-order chi connectivity index (χ0) is 17.8. The minimum absolute atomic E-state index is 0.123. The molecule has 0 unspecified atom stereocenters. The van der Waals surface area contributed by atoms with Crippen LogP contribution >= 0.6 is 11.3 Å². The summed E-state index contributed by atoms with van der Waals surface area (Å²) in [5.74, 6) is 0.887. The normalized spacial score (nSPS) is 24.7. The molecule has 2 saturated heterocycles. The molecular weight excluding hydrogens is 338 g/mol. The van der Waals surface area contributed by atoms with Gasteiger partial charge in [0.1, 0.15) is 22.5 Å². The number of rotatable bonds is 2. The Hall–Kier alpha value is -2.22. The molecule has 2 aliphatic rings. The molecule has 4 rings (SSSR count). The number of thiophene rings is 1. The predicted molar refractivity (Wildman–Crippen MR) is 96.9 cm³/mol. The topological polar surface area (TPSA) is 87.2 Å². The fraction of sp³-hybridized carbons (Fsp3) is 0.529. The summed E-state index contributed by atoms with van der Waals surface area (Å²) < 4.78 is 0. The van der Waals surface area contributed by atoms with E-state index in [1.165, 1.54) is 10.4 Å². The molecule has 3 amide bonds. The van der Waals surface area contributed by atoms with E-state index in [0.29, 0.717) is 0 Å². The van der Waals surface area contributed by atoms with Crippen molar-refractivity contribution in [1.29, 1.82) is 0 Å². The lowest BCUT2D eigenvalue weighted by atomic mass is 9.79. The predicted octanol–water partition coefficient (Wildman–Crippen LogP) is 2.12. The number of nitrogens with one attached hydrogen (secondary N) is 2. The van der Waals surface area contributed by atoms with Crippen molar-refractivity contribution >= 4 is 39.3 Å². The Morgan fingerprint density at radius 1 is 1.24 bits per heavy atom. The van der Waals surface area contributed by atoms with Crippen LogP contribution in [0.15, 0.2) is 6.33 Å². The molecule has 0 aliphatic carbocycles. The standard InChI is InChI=1S/C17H21N5O2S/c1-9-10(2)25-14-12(9)13(18-8-19-14)22-6-4-11(5-7-22)17(3)15(23)20-16(24)21-17/h8,11H,4-7H2,1-3H3,(H2,20,21,23,24)/t17-/m1/s1. The van der Waals surface area contributed by atoms with Gasteiger partial charge in [0.15, 0.2) is 0 Å². The van der Waals surface area contributed by atoms with E-state index in [4.69, 9.17) is 0 Å². The number of hydrogen-bond acceptors (Lipinski definition) is 6. The van der Waals surface area contributed by atoms with Crippen LogP contribution in [0.4, 0.5) is 10.6 Å². The van der Waals surface area contributed by atoms with Gasteiger partial charge in [-0.25, -0.2) is 14.8 Å². The fourth-order valence-electron chi connectivity index (χ4n) is 3.92. The molecule has 2 N–H and O–H groups in total. The minimum atomic E-state index is -0.806. The number of carbonyl (C=O) groups excluding carboxylic acids is 2. The number of fused-ring (bicyclic) bond motifs is 1. The van der Waals surface area contributed by atoms with Crippen LogP contribution in [-0.2, 0) is 4.79 Å². The molecule has 2 aromatic rings. The SMILES string of the molecule is Cc1sc2ncnc(N3CCC([C@@]4(C)NC(=O)NC4=O)CC3)c2c1C. The average molecular weight is 359 g/mol. The maximum atomic E-state index is 12.2. The molecule has 8 heteroatoms. The smallest absolute Gasteiger partial charge is 0.322 e. The van der Waals surface area contributed by atoms with Gasteiger partial charge in [0, 0.05) is 18.0 Å². The average Bonchev–Trinajstić information content (AvgIpc) is 3.03. The lowest BCUT2D eigenvalue weighted by molar-refractivity contribution is -0.125. The van der Waals surface area contributed by atoms with Crippen LogP contribution < -0.4 is 15.5 Å². The molecule has 25 heavy (non-hydrogen) atoms. The number of aryl methyl sites for hydroxylation is 2. The molecule has 132 valence electrons. The number of hydrogen-bond donors (Lipinski definition) is 2. The highest BCUT2D eigenvalue weighted by molar-refractivity contribution is 7.18. The number of piperidine rings is 1. The second-order valence-electron chi connectivity index (χ2n) is 7.03. The Labute approximate surface area is 149 Å². The van der Waals surface area contributed by atoms with Crippen molar-refractivity contribution < 1.29 is 9.59 Å². The first kappa shape index (κ1) is 16.3. The van der Waals surface area contributed by atoms with Gasteiger partial charge in [0.25, 0.3) is 5.91 Å². The van der Waals surface area contributed by atoms with E-state index in [1.807, 2.05) is 6.92 Å². The largest absolute Gasteiger partial charge is 0.356 e. The minimum Gasteiger partial charge on any atom is -0.356 e. The Morgan fingerprint density at radius 3 is 2.60 bits per heavy atom. The molecule has 0 bridgehead atoms. The van der Waals surface area contributed by atoms with E-state index in [9.17, 15) is 9.59 Å². The number of aromatic nitrogens is 2. The van der Waals surface area contributed by atoms with Gasteiger partial charge < -0.3 is 10.2 Å². The fourth-order valence-corrected chi connectivity index (χ4v) is 4.91. The van der Waals surface area contributed by atoms with Gasteiger partial charge in [0.05, 0.1) is 5.39 Å². The van der Waals surface area contributed by atoms with Crippen molar-refractivity contribution in [3.63, 3.8) is 0 Å². The maximum Gasteiger partial charge on any atom is 0.322 e. The molecule has 0 radical (unpaired) electrons. The van der Waals surface area contributed by atoms with Gasteiger partial charge in [-0.2, -0.15) is 0 Å². The van der Waals surface area contributed by atoms with Crippen molar-refractivity contribution in [2.75, 3.05) is 18.0 Å². The third-order valence-electron chi connectivity index (χ3n) is 5.63. The van der Waals surface area contributed by atoms with Crippen LogP contribution in [-0.4, -0.2) is 40.5 Å². The molecular formula is C17H21N5O2S. The molecule has 0 saturated carbocycles. The highest BCUT2D eigenvalue weighted by Gasteiger charge is 2.48. The zero-order valence-electron chi connectivity index (χ0n) is 14.5. The zero-order valence-corrected chi connectivity index (χ0v) is 15.4. The molecule has 1 atom stereocenters. The first-order chi connectivity index (χ1) is 11.9. The highest BCUT2D eigenvalue weighted by Crippen LogP contribution is 2.37. The van der Waals surface area contributed by atoms with Crippen LogP contribution in [0.2, 0.25) is 0 Å². The Morgan fingerprint density at radius 2 is 1.96 bits per heavy atom. The van der Waals surface area contributed by atoms with Gasteiger partial charge in [0.2, 0.25) is 0 Å². The molecule has 2 aromatic heterocycles. The first-order valence-electron chi connectivity index (χ1n) is 8.49. The van der Waals surface area contributed by atoms with Crippen molar-refractivity contribution in [3.8, 4) is 0 Å². The summed E-state index contributed by atoms with van der Waals surface area (Å²) in [6.45, 7) is 7.67. The Kier molecular flexibility index (Phi) is 3.68. The van der Waals surface area contributed by atoms with E-state index in [1.54, 1.807) is 17.7 Å². The highest BCUT2D eigenvalue weighted by atomic mass is 32.1. The number of amides is 3. The molecule has 7 nitrogen and oxygen atoms in total. The summed E-state index contributed by atoms with van der Waals surface area (Å²) in [5.41, 5.74) is 0.436. The maximum absolute atomic E-state index is 12.2. The molecule has 0 aromatic carbocycles. The van der Waals surface area contributed by atoms with Gasteiger partial charge in [-0.3, -0.25) is 10.1 Å². The second kappa shape index (κ2) is 5.66. The van der Waals surface area contributed by atoms with E-state index < -0.39 is 11.6 Å². The van der Waals surface area contributed by atoms with Crippen molar-refractivity contribution in [2.24, 2.45) is 5.92 Å². The molecule has 4 heterocycles. The lowest BCUT2D eigenvalue weighted by Gasteiger charge is -2.39. The third-order valence-corrected chi connectivity index (χ3v) is 6.74. The van der Waals surface area contributed by atoms with E-state index in [0.717, 1.165) is 42.0 Å². The van der Waals surface area contributed by atoms with E-state index >= 15 is 0 Å². The van der Waals surface area contributed by atoms with Gasteiger partial charge in [-0.15, -0.1) is 11.3 Å². The van der Waals surface area contributed by atoms with Crippen LogP contribution in [0.1, 0.15) is 30.2 Å². The number of anilines is 1. The van der Waals surface area contributed by atoms with E-state index in [2.05, 4.69) is 39.3 Å². The summed E-state index contributed by atoms with van der Waals surface area (Å²) >= 11 is 1.70. The van der Waals surface area contributed by atoms with Crippen LogP contribution in [0, 0.1) is 19.8 Å². The van der Waals surface area contributed by atoms with Crippen LogP contribution in [0.5, 0.6) is 0 Å². The third kappa shape index (κ3) is 2.47. The van der Waals surface area contributed by atoms with Crippen molar-refractivity contribution in [3.05, 3.63) is 16.8 Å². The van der Waals surface area contributed by atoms with Gasteiger partial charge >= 0.3 is 6.03 Å². The summed E-state index contributed by atoms with van der Waals surface area (Å²) in [4.78, 5) is 37.2. The van der Waals surface area contributed by atoms with Gasteiger partial charge in [-0.05, 0) is 45.1 Å². The van der Waals surface area contributed by atoms with Crippen molar-refractivity contribution in [1.82, 2.24) is 20.6 Å². The monoisotopic (exact) mass is 359 g/mol. The molecule has 2 fully saturated rings. The molecule has 2 aliphatic heterocycles. The molecule has 0 spiro atoms. The van der Waals surface area contributed by atoms with Crippen LogP contribution in [0.25, 0.3) is 10.2 Å². The summed E-state index contributed by atoms with van der Waals surface area (Å²) in [6, 6.07) is -0.392. The van der Waals surface area contributed by atoms with Gasteiger partial charge in [-0.1, -0.05) is 0 Å². The summed E-state index contributed by atoms with van der Waals surface area (Å²) in [6.07, 6.45) is 3.29. The van der Waals surface area contributed by atoms with Crippen LogP contribution in [0.3, 0.4) is 0 Å². The Balaban J connectivity index is 1.57. The second-order valence-corrected chi connectivity index (χ2v) is 8.24. The first-order valence-corrected chi connectivity index (χ1v) is 9.31. The number of imide groups is 1. The number of urea groups is 1. The lowest BCUT2D eigenvalue weighted by Crippen LogP contribution is -2.54. The summed E-state index contributed by atoms with van der Waals surface area (Å²) in [5, 5.41) is 6.30. The quantitative estimate of drug-likeness (QED) is 0.802. The summed E-state index contributed by atoms with van der Waals surface area (Å²) in [7, 11) is 0. The number of carbonyl (C=O) groups is 2. The van der Waals surface area contributed by atoms with E-state index in [-0.39, 0.29) is 11.8 Å². The van der Waals surface area contributed by atoms with Crippen molar-refractivity contribution in [2.45, 2.75) is 39.2 Å². The number of nitrogens with zero attached hydrogens (tertiary/aromatic N) is 3.